The van der Waals surface area contributed by atoms with Crippen molar-refractivity contribution in [2.75, 3.05) is 19.6 Å². The Labute approximate surface area is 141 Å². The number of benzene rings is 1. The number of H-pyrrole nitrogens is 1. The Hall–Kier alpha value is -2.47. The van der Waals surface area contributed by atoms with E-state index in [0.29, 0.717) is 18.0 Å². The van der Waals surface area contributed by atoms with E-state index >= 15 is 0 Å². The summed E-state index contributed by atoms with van der Waals surface area (Å²) in [6, 6.07) is 8.65. The number of imidazole rings is 1. The Bertz CT molecular complexity index is 711. The zero-order valence-corrected chi connectivity index (χ0v) is 13.8. The van der Waals surface area contributed by atoms with Crippen LogP contribution in [-0.4, -0.2) is 46.2 Å². The van der Waals surface area contributed by atoms with E-state index in [0.717, 1.165) is 37.6 Å². The minimum atomic E-state index is -0.524. The summed E-state index contributed by atoms with van der Waals surface area (Å²) in [5, 5.41) is 2.78. The van der Waals surface area contributed by atoms with Crippen LogP contribution < -0.4 is 5.32 Å². The summed E-state index contributed by atoms with van der Waals surface area (Å²) in [7, 11) is 0. The molecule has 2 aromatic rings. The average Bonchev–Trinajstić information content (AvgIpc) is 3.22. The van der Waals surface area contributed by atoms with Crippen LogP contribution in [-0.2, 0) is 11.3 Å². The van der Waals surface area contributed by atoms with Crippen molar-refractivity contribution >= 4 is 11.7 Å². The Balaban J connectivity index is 1.44. The predicted octanol–water partition coefficient (Wildman–Crippen LogP) is 1.54. The van der Waals surface area contributed by atoms with Crippen molar-refractivity contribution < 1.29 is 9.59 Å². The molecule has 0 spiro atoms. The molecule has 1 saturated heterocycles. The lowest BCUT2D eigenvalue weighted by atomic mass is 10.1. The molecule has 6 nitrogen and oxygen atoms in total. The number of ketones is 1. The summed E-state index contributed by atoms with van der Waals surface area (Å²) < 4.78 is 0. The highest BCUT2D eigenvalue weighted by atomic mass is 16.2. The SMILES string of the molecule is Cc1ncc(CN2CCC(CNC(=O)C(=O)c3ccccc3)C2)[nH]1. The van der Waals surface area contributed by atoms with E-state index in [4.69, 9.17) is 0 Å². The van der Waals surface area contributed by atoms with Gasteiger partial charge in [-0.15, -0.1) is 0 Å². The molecule has 3 rings (SSSR count). The molecule has 6 heteroatoms. The number of aryl methyl sites for hydroxylation is 1. The monoisotopic (exact) mass is 326 g/mol. The molecule has 1 atom stereocenters. The lowest BCUT2D eigenvalue weighted by Crippen LogP contribution is -2.35. The first kappa shape index (κ1) is 16.4. The molecular weight excluding hydrogens is 304 g/mol. The molecule has 126 valence electrons. The van der Waals surface area contributed by atoms with Gasteiger partial charge in [-0.1, -0.05) is 30.3 Å². The summed E-state index contributed by atoms with van der Waals surface area (Å²) in [5.41, 5.74) is 1.54. The van der Waals surface area contributed by atoms with Crippen LogP contribution in [0, 0.1) is 12.8 Å². The molecule has 0 aliphatic carbocycles. The van der Waals surface area contributed by atoms with E-state index in [1.807, 2.05) is 19.2 Å². The van der Waals surface area contributed by atoms with Crippen molar-refractivity contribution in [3.8, 4) is 0 Å². The highest BCUT2D eigenvalue weighted by Gasteiger charge is 2.24. The fraction of sp³-hybridized carbons (Fsp3) is 0.389. The summed E-state index contributed by atoms with van der Waals surface area (Å²) in [6.07, 6.45) is 2.88. The predicted molar refractivity (Wildman–Crippen MR) is 90.5 cm³/mol. The molecule has 1 unspecified atom stereocenters. The maximum Gasteiger partial charge on any atom is 0.292 e. The number of Topliss-reactive ketones (excluding diaryl/α,β-unsaturated/α-hetero) is 1. The minimum Gasteiger partial charge on any atom is -0.349 e. The van der Waals surface area contributed by atoms with Gasteiger partial charge in [0.1, 0.15) is 5.82 Å². The van der Waals surface area contributed by atoms with Gasteiger partial charge in [-0.25, -0.2) is 4.98 Å². The number of likely N-dealkylation sites (tertiary alicyclic amines) is 1. The highest BCUT2D eigenvalue weighted by Crippen LogP contribution is 2.17. The minimum absolute atomic E-state index is 0.376. The van der Waals surface area contributed by atoms with E-state index < -0.39 is 11.7 Å². The van der Waals surface area contributed by atoms with Crippen LogP contribution in [0.2, 0.25) is 0 Å². The van der Waals surface area contributed by atoms with Gasteiger partial charge >= 0.3 is 0 Å². The number of nitrogens with zero attached hydrogens (tertiary/aromatic N) is 2. The third-order valence-corrected chi connectivity index (χ3v) is 4.31. The highest BCUT2D eigenvalue weighted by molar-refractivity contribution is 6.42. The zero-order valence-electron chi connectivity index (χ0n) is 13.8. The van der Waals surface area contributed by atoms with Crippen molar-refractivity contribution in [3.05, 3.63) is 53.6 Å². The first-order valence-electron chi connectivity index (χ1n) is 8.22. The van der Waals surface area contributed by atoms with Crippen LogP contribution >= 0.6 is 0 Å². The number of hydrogen-bond acceptors (Lipinski definition) is 4. The summed E-state index contributed by atoms with van der Waals surface area (Å²) in [6.45, 7) is 5.23. The van der Waals surface area contributed by atoms with Gasteiger partial charge in [0.25, 0.3) is 5.91 Å². The van der Waals surface area contributed by atoms with Gasteiger partial charge in [0.05, 0.1) is 0 Å². The third kappa shape index (κ3) is 4.08. The maximum absolute atomic E-state index is 12.0. The Morgan fingerprint density at radius 2 is 2.12 bits per heavy atom. The van der Waals surface area contributed by atoms with Crippen LogP contribution in [0.3, 0.4) is 0 Å². The maximum atomic E-state index is 12.0. The van der Waals surface area contributed by atoms with Crippen LogP contribution in [0.5, 0.6) is 0 Å². The number of rotatable bonds is 6. The van der Waals surface area contributed by atoms with E-state index in [9.17, 15) is 9.59 Å². The van der Waals surface area contributed by atoms with Gasteiger partial charge in [-0.05, 0) is 25.8 Å². The second kappa shape index (κ2) is 7.40. The lowest BCUT2D eigenvalue weighted by Gasteiger charge is -2.15. The van der Waals surface area contributed by atoms with Crippen LogP contribution in [0.25, 0.3) is 0 Å². The number of hydrogen-bond donors (Lipinski definition) is 2. The second-order valence-electron chi connectivity index (χ2n) is 6.29. The van der Waals surface area contributed by atoms with Crippen molar-refractivity contribution in [1.29, 1.82) is 0 Å². The summed E-state index contributed by atoms with van der Waals surface area (Å²) >= 11 is 0. The van der Waals surface area contributed by atoms with E-state index in [1.54, 1.807) is 24.3 Å². The van der Waals surface area contributed by atoms with Crippen molar-refractivity contribution in [2.24, 2.45) is 5.92 Å². The molecule has 2 N–H and O–H groups in total. The fourth-order valence-electron chi connectivity index (χ4n) is 3.05. The lowest BCUT2D eigenvalue weighted by molar-refractivity contribution is -0.117. The van der Waals surface area contributed by atoms with Crippen molar-refractivity contribution in [3.63, 3.8) is 0 Å². The van der Waals surface area contributed by atoms with Gasteiger partial charge in [-0.3, -0.25) is 14.5 Å². The Kier molecular flexibility index (Phi) is 5.05. The van der Waals surface area contributed by atoms with Gasteiger partial charge in [0.15, 0.2) is 0 Å². The zero-order chi connectivity index (χ0) is 16.9. The first-order valence-corrected chi connectivity index (χ1v) is 8.22. The molecule has 1 aromatic carbocycles. The molecule has 1 aromatic heterocycles. The fourth-order valence-corrected chi connectivity index (χ4v) is 3.05. The molecule has 1 aliphatic rings. The first-order chi connectivity index (χ1) is 11.6. The Morgan fingerprint density at radius 1 is 1.33 bits per heavy atom. The second-order valence-corrected chi connectivity index (χ2v) is 6.29. The van der Waals surface area contributed by atoms with E-state index in [2.05, 4.69) is 20.2 Å². The van der Waals surface area contributed by atoms with Crippen LogP contribution in [0.15, 0.2) is 36.5 Å². The number of amides is 1. The van der Waals surface area contributed by atoms with Crippen LogP contribution in [0.1, 0.15) is 28.3 Å². The molecular formula is C18H22N4O2. The average molecular weight is 326 g/mol. The largest absolute Gasteiger partial charge is 0.349 e. The van der Waals surface area contributed by atoms with Crippen molar-refractivity contribution in [2.45, 2.75) is 19.9 Å². The molecule has 1 aliphatic heterocycles. The molecule has 2 heterocycles. The number of carbonyl (C=O) groups is 2. The Morgan fingerprint density at radius 3 is 2.83 bits per heavy atom. The van der Waals surface area contributed by atoms with Gasteiger partial charge in [0.2, 0.25) is 5.78 Å². The summed E-state index contributed by atoms with van der Waals surface area (Å²) in [4.78, 5) is 33.8. The van der Waals surface area contributed by atoms with Gasteiger partial charge < -0.3 is 10.3 Å². The van der Waals surface area contributed by atoms with Gasteiger partial charge in [0, 0.05) is 37.1 Å². The number of nitrogens with one attached hydrogen (secondary N) is 2. The topological polar surface area (TPSA) is 78.1 Å². The van der Waals surface area contributed by atoms with Crippen LogP contribution in [0.4, 0.5) is 0 Å². The van der Waals surface area contributed by atoms with E-state index in [1.165, 1.54) is 0 Å². The standard InChI is InChI=1S/C18H22N4O2/c1-13-19-10-16(21-13)12-22-8-7-14(11-22)9-20-18(24)17(23)15-5-3-2-4-6-15/h2-6,10,14H,7-9,11-12H2,1H3,(H,19,21)(H,20,24). The number of aromatic nitrogens is 2. The molecule has 0 radical (unpaired) electrons. The number of carbonyl (C=O) groups excluding carboxylic acids is 2. The molecule has 0 bridgehead atoms. The third-order valence-electron chi connectivity index (χ3n) is 4.31. The smallest absolute Gasteiger partial charge is 0.292 e. The van der Waals surface area contributed by atoms with Gasteiger partial charge in [-0.2, -0.15) is 0 Å². The summed E-state index contributed by atoms with van der Waals surface area (Å²) in [5.74, 6) is 0.302. The molecule has 1 amide bonds. The number of aromatic amines is 1. The van der Waals surface area contributed by atoms with Crippen molar-refractivity contribution in [1.82, 2.24) is 20.2 Å². The quantitative estimate of drug-likeness (QED) is 0.623. The molecule has 0 saturated carbocycles. The molecule has 24 heavy (non-hydrogen) atoms. The normalized spacial score (nSPS) is 17.8. The molecule has 1 fully saturated rings. The van der Waals surface area contributed by atoms with E-state index in [-0.39, 0.29) is 0 Å².